The Morgan fingerprint density at radius 2 is 2.24 bits per heavy atom. The summed E-state index contributed by atoms with van der Waals surface area (Å²) in [7, 11) is 1.74. The number of H-pyrrole nitrogens is 1. The maximum absolute atomic E-state index is 13.6. The second-order valence-electron chi connectivity index (χ2n) is 7.43. The van der Waals surface area contributed by atoms with Crippen LogP contribution in [0.15, 0.2) is 30.6 Å². The number of hydrogen-bond acceptors (Lipinski definition) is 5. The summed E-state index contributed by atoms with van der Waals surface area (Å²) in [6, 6.07) is 4.41. The van der Waals surface area contributed by atoms with Crippen LogP contribution in [0.5, 0.6) is 0 Å². The minimum atomic E-state index is -0.364. The van der Waals surface area contributed by atoms with Gasteiger partial charge >= 0.3 is 0 Å². The highest BCUT2D eigenvalue weighted by Crippen LogP contribution is 2.28. The van der Waals surface area contributed by atoms with Crippen LogP contribution in [0, 0.1) is 5.82 Å². The zero-order valence-corrected chi connectivity index (χ0v) is 15.7. The SMILES string of the molecule is Cn1nc(-c2cnc3[nH]cc(C(=O)N[C@H]4CC[C@H](O)C4)c3n2)c2ccc(F)cc21. The number of rotatable bonds is 3. The van der Waals surface area contributed by atoms with E-state index in [0.717, 1.165) is 11.8 Å². The van der Waals surface area contributed by atoms with Crippen molar-refractivity contribution in [3.05, 3.63) is 42.0 Å². The molecule has 29 heavy (non-hydrogen) atoms. The van der Waals surface area contributed by atoms with Gasteiger partial charge in [-0.1, -0.05) is 0 Å². The number of fused-ring (bicyclic) bond motifs is 2. The summed E-state index contributed by atoms with van der Waals surface area (Å²) in [6.45, 7) is 0. The number of nitrogens with one attached hydrogen (secondary N) is 2. The van der Waals surface area contributed by atoms with Crippen molar-refractivity contribution in [1.82, 2.24) is 30.0 Å². The first-order chi connectivity index (χ1) is 14.0. The van der Waals surface area contributed by atoms with E-state index in [1.807, 2.05) is 0 Å². The van der Waals surface area contributed by atoms with Crippen molar-refractivity contribution in [2.24, 2.45) is 7.05 Å². The number of halogens is 1. The number of carbonyl (C=O) groups excluding carboxylic acids is 1. The number of aliphatic hydroxyl groups excluding tert-OH is 1. The predicted octanol–water partition coefficient (Wildman–Crippen LogP) is 2.29. The average molecular weight is 394 g/mol. The molecule has 3 heterocycles. The van der Waals surface area contributed by atoms with Gasteiger partial charge in [-0.15, -0.1) is 0 Å². The lowest BCUT2D eigenvalue weighted by Crippen LogP contribution is -2.33. The molecule has 1 fully saturated rings. The molecule has 1 saturated carbocycles. The number of nitrogens with zero attached hydrogens (tertiary/aromatic N) is 4. The molecule has 0 saturated heterocycles. The molecule has 0 bridgehead atoms. The maximum atomic E-state index is 13.6. The van der Waals surface area contributed by atoms with E-state index in [0.29, 0.717) is 46.5 Å². The molecule has 0 radical (unpaired) electrons. The molecular weight excluding hydrogens is 375 g/mol. The third kappa shape index (κ3) is 3.03. The second-order valence-corrected chi connectivity index (χ2v) is 7.43. The monoisotopic (exact) mass is 394 g/mol. The maximum Gasteiger partial charge on any atom is 0.255 e. The summed E-state index contributed by atoms with van der Waals surface area (Å²) >= 11 is 0. The smallest absolute Gasteiger partial charge is 0.255 e. The first-order valence-electron chi connectivity index (χ1n) is 9.45. The van der Waals surface area contributed by atoms with Gasteiger partial charge in [0.15, 0.2) is 5.65 Å². The molecule has 0 aliphatic heterocycles. The van der Waals surface area contributed by atoms with E-state index in [1.165, 1.54) is 12.1 Å². The fourth-order valence-corrected chi connectivity index (χ4v) is 3.95. The van der Waals surface area contributed by atoms with Gasteiger partial charge in [0.2, 0.25) is 0 Å². The summed E-state index contributed by atoms with van der Waals surface area (Å²) in [5, 5.41) is 17.8. The molecule has 1 aliphatic carbocycles. The van der Waals surface area contributed by atoms with Crippen LogP contribution in [0.3, 0.4) is 0 Å². The number of aromatic amines is 1. The van der Waals surface area contributed by atoms with Crippen LogP contribution in [0.25, 0.3) is 33.5 Å². The summed E-state index contributed by atoms with van der Waals surface area (Å²) in [5.74, 6) is -0.593. The van der Waals surface area contributed by atoms with Crippen molar-refractivity contribution in [3.63, 3.8) is 0 Å². The van der Waals surface area contributed by atoms with E-state index >= 15 is 0 Å². The Bertz CT molecular complexity index is 1250. The van der Waals surface area contributed by atoms with Crippen molar-refractivity contribution in [3.8, 4) is 11.4 Å². The van der Waals surface area contributed by atoms with Gasteiger partial charge in [0.25, 0.3) is 5.91 Å². The van der Waals surface area contributed by atoms with E-state index in [1.54, 1.807) is 30.2 Å². The molecule has 8 nitrogen and oxygen atoms in total. The summed E-state index contributed by atoms with van der Waals surface area (Å²) in [4.78, 5) is 24.7. The van der Waals surface area contributed by atoms with E-state index in [-0.39, 0.29) is 23.9 Å². The molecule has 4 aromatic rings. The quantitative estimate of drug-likeness (QED) is 0.494. The number of benzene rings is 1. The second kappa shape index (κ2) is 6.63. The van der Waals surface area contributed by atoms with E-state index in [4.69, 9.17) is 0 Å². The Hall–Kier alpha value is -3.33. The molecule has 9 heteroatoms. The predicted molar refractivity (Wildman–Crippen MR) is 105 cm³/mol. The lowest BCUT2D eigenvalue weighted by molar-refractivity contribution is 0.0935. The van der Waals surface area contributed by atoms with Gasteiger partial charge in [-0.2, -0.15) is 5.10 Å². The van der Waals surface area contributed by atoms with Gasteiger partial charge < -0.3 is 15.4 Å². The molecule has 3 N–H and O–H groups in total. The van der Waals surface area contributed by atoms with Crippen molar-refractivity contribution >= 4 is 28.0 Å². The minimum Gasteiger partial charge on any atom is -0.393 e. The highest BCUT2D eigenvalue weighted by molar-refractivity contribution is 6.05. The van der Waals surface area contributed by atoms with Crippen LogP contribution >= 0.6 is 0 Å². The van der Waals surface area contributed by atoms with Gasteiger partial charge in [0, 0.05) is 24.7 Å². The zero-order chi connectivity index (χ0) is 20.1. The number of aromatic nitrogens is 5. The molecule has 1 amide bonds. The molecule has 0 spiro atoms. The van der Waals surface area contributed by atoms with E-state index < -0.39 is 0 Å². The van der Waals surface area contributed by atoms with E-state index in [9.17, 15) is 14.3 Å². The standard InChI is InChI=1S/C20H19FN6O2/c1-27-16-6-10(21)2-5-13(16)17(26-27)15-9-23-19-18(25-15)14(8-22-19)20(29)24-11-3-4-12(28)7-11/h2,5-6,8-9,11-12,28H,3-4,7H2,1H3,(H,22,23)(H,24,29)/t11-,12-/m0/s1. The highest BCUT2D eigenvalue weighted by Gasteiger charge is 2.26. The number of hydrogen-bond donors (Lipinski definition) is 3. The highest BCUT2D eigenvalue weighted by atomic mass is 19.1. The van der Waals surface area contributed by atoms with Crippen molar-refractivity contribution < 1.29 is 14.3 Å². The zero-order valence-electron chi connectivity index (χ0n) is 15.7. The van der Waals surface area contributed by atoms with Gasteiger partial charge in [-0.25, -0.2) is 14.4 Å². The van der Waals surface area contributed by atoms with Crippen LogP contribution in [0.1, 0.15) is 29.6 Å². The summed E-state index contributed by atoms with van der Waals surface area (Å²) in [6.07, 6.45) is 4.80. The third-order valence-electron chi connectivity index (χ3n) is 5.42. The number of amides is 1. The Balaban J connectivity index is 1.54. The number of carbonyl (C=O) groups is 1. The van der Waals surface area contributed by atoms with Crippen LogP contribution in [0.2, 0.25) is 0 Å². The molecule has 2 atom stereocenters. The molecule has 5 rings (SSSR count). The first-order valence-corrected chi connectivity index (χ1v) is 9.45. The Morgan fingerprint density at radius 1 is 1.38 bits per heavy atom. The molecule has 148 valence electrons. The summed E-state index contributed by atoms with van der Waals surface area (Å²) in [5.41, 5.74) is 3.05. The number of aliphatic hydroxyl groups is 1. The summed E-state index contributed by atoms with van der Waals surface area (Å²) < 4.78 is 15.2. The Kier molecular flexibility index (Phi) is 4.06. The fraction of sp³-hybridized carbons (Fsp3) is 0.300. The van der Waals surface area contributed by atoms with Gasteiger partial charge in [0.05, 0.1) is 23.4 Å². The topological polar surface area (TPSA) is 109 Å². The average Bonchev–Trinajstić information content (AvgIpc) is 3.39. The molecule has 0 unspecified atom stereocenters. The Labute approximate surface area is 164 Å². The lowest BCUT2D eigenvalue weighted by atomic mass is 10.1. The first kappa shape index (κ1) is 17.7. The van der Waals surface area contributed by atoms with E-state index in [2.05, 4.69) is 25.4 Å². The van der Waals surface area contributed by atoms with Crippen LogP contribution in [-0.2, 0) is 7.05 Å². The Morgan fingerprint density at radius 3 is 3.03 bits per heavy atom. The van der Waals surface area contributed by atoms with Crippen LogP contribution in [-0.4, -0.2) is 47.9 Å². The van der Waals surface area contributed by atoms with Crippen LogP contribution < -0.4 is 5.32 Å². The van der Waals surface area contributed by atoms with Crippen molar-refractivity contribution in [1.29, 1.82) is 0 Å². The van der Waals surface area contributed by atoms with Gasteiger partial charge in [0.1, 0.15) is 22.7 Å². The number of aryl methyl sites for hydroxylation is 1. The van der Waals surface area contributed by atoms with Gasteiger partial charge in [-0.05, 0) is 37.5 Å². The minimum absolute atomic E-state index is 0.0479. The molecular formula is C20H19FN6O2. The van der Waals surface area contributed by atoms with Gasteiger partial charge in [-0.3, -0.25) is 9.48 Å². The third-order valence-corrected chi connectivity index (χ3v) is 5.42. The lowest BCUT2D eigenvalue weighted by Gasteiger charge is -2.11. The van der Waals surface area contributed by atoms with Crippen LogP contribution in [0.4, 0.5) is 4.39 Å². The van der Waals surface area contributed by atoms with Crippen molar-refractivity contribution in [2.45, 2.75) is 31.4 Å². The molecule has 3 aromatic heterocycles. The largest absolute Gasteiger partial charge is 0.393 e. The fourth-order valence-electron chi connectivity index (χ4n) is 3.95. The normalized spacial score (nSPS) is 19.3. The van der Waals surface area contributed by atoms with Crippen molar-refractivity contribution in [2.75, 3.05) is 0 Å². The molecule has 1 aliphatic rings. The molecule has 1 aromatic carbocycles.